The molecule has 5 aromatic rings. The topological polar surface area (TPSA) is 168 Å². The zero-order chi connectivity index (χ0) is 40.2. The Hall–Kier alpha value is -7.60. The summed E-state index contributed by atoms with van der Waals surface area (Å²) >= 11 is 0. The number of carbonyl (C=O) groups is 6. The molecule has 2 unspecified atom stereocenters. The zero-order valence-corrected chi connectivity index (χ0v) is 30.4. The maximum atomic E-state index is 13.1. The molecule has 1 aliphatic carbocycles. The van der Waals surface area contributed by atoms with Crippen molar-refractivity contribution in [2.75, 3.05) is 9.80 Å². The molecule has 0 spiro atoms. The van der Waals surface area contributed by atoms with Crippen LogP contribution in [0.3, 0.4) is 0 Å². The van der Waals surface area contributed by atoms with E-state index in [0.29, 0.717) is 34.4 Å². The van der Waals surface area contributed by atoms with Gasteiger partial charge in [-0.15, -0.1) is 0 Å². The molecule has 4 amide bonds. The zero-order valence-electron chi connectivity index (χ0n) is 30.4. The normalized spacial score (nSPS) is 17.3. The first kappa shape index (κ1) is 36.4. The molecule has 0 radical (unpaired) electrons. The predicted octanol–water partition coefficient (Wildman–Crippen LogP) is 7.78. The minimum atomic E-state index is -1.19. The summed E-state index contributed by atoms with van der Waals surface area (Å²) in [5.74, 6) is -3.78. The Morgan fingerprint density at radius 1 is 0.561 bits per heavy atom. The summed E-state index contributed by atoms with van der Waals surface area (Å²) in [5, 5.41) is 18.6. The van der Waals surface area contributed by atoms with Crippen molar-refractivity contribution in [3.05, 3.63) is 167 Å². The fourth-order valence-electron chi connectivity index (χ4n) is 7.20. The minimum absolute atomic E-state index is 0.0178. The lowest BCUT2D eigenvalue weighted by molar-refractivity contribution is -0.132. The van der Waals surface area contributed by atoms with Crippen molar-refractivity contribution in [1.29, 1.82) is 0 Å². The van der Waals surface area contributed by atoms with Crippen LogP contribution in [0.25, 0.3) is 0 Å². The molecule has 2 aliphatic heterocycles. The Morgan fingerprint density at radius 3 is 1.51 bits per heavy atom. The van der Waals surface area contributed by atoms with E-state index in [9.17, 15) is 39.0 Å². The van der Waals surface area contributed by atoms with Crippen molar-refractivity contribution in [3.8, 4) is 23.0 Å². The van der Waals surface area contributed by atoms with Crippen LogP contribution in [0.5, 0.6) is 23.0 Å². The first-order valence-electron chi connectivity index (χ1n) is 17.8. The van der Waals surface area contributed by atoms with Gasteiger partial charge in [0.25, 0.3) is 11.8 Å². The summed E-state index contributed by atoms with van der Waals surface area (Å²) < 4.78 is 12.1. The number of carbonyl (C=O) groups excluding carboxylic acids is 4. The number of benzene rings is 5. The van der Waals surface area contributed by atoms with Crippen LogP contribution in [-0.2, 0) is 19.8 Å². The minimum Gasteiger partial charge on any atom is -0.478 e. The first-order valence-corrected chi connectivity index (χ1v) is 17.8. The Balaban J connectivity index is 0.887. The first-order chi connectivity index (χ1) is 27.3. The molecule has 1 saturated heterocycles. The number of imide groups is 2. The number of fused-ring (bicyclic) bond motifs is 2. The molecular formula is C45H32N2O10. The van der Waals surface area contributed by atoms with E-state index in [4.69, 9.17) is 9.47 Å². The molecule has 0 aromatic heterocycles. The van der Waals surface area contributed by atoms with E-state index in [-0.39, 0.29) is 27.7 Å². The largest absolute Gasteiger partial charge is 0.478 e. The van der Waals surface area contributed by atoms with Gasteiger partial charge in [0.1, 0.15) is 23.0 Å². The van der Waals surface area contributed by atoms with Crippen LogP contribution in [0.15, 0.2) is 139 Å². The van der Waals surface area contributed by atoms with E-state index in [1.165, 1.54) is 36.4 Å². The molecule has 57 heavy (non-hydrogen) atoms. The van der Waals surface area contributed by atoms with E-state index in [1.54, 1.807) is 48.5 Å². The maximum Gasteiger partial charge on any atom is 0.335 e. The molecule has 12 nitrogen and oxygen atoms in total. The number of rotatable bonds is 10. The lowest BCUT2D eigenvalue weighted by Gasteiger charge is -2.26. The average molecular weight is 761 g/mol. The third-order valence-electron chi connectivity index (χ3n) is 10.4. The molecule has 3 aliphatic rings. The SMILES string of the molecule is CC(C)(c1ccc(Oc2ccc(N3C(=O)c4ccc(C(=O)O)cc4C3=O)cc2)cc1)c1ccc(Oc2ccc(N3C(=O)C4C=CC(C(=O)O)=CC4C3=O)cc2)cc1. The van der Waals surface area contributed by atoms with Crippen LogP contribution in [-0.4, -0.2) is 45.8 Å². The molecule has 12 heteroatoms. The van der Waals surface area contributed by atoms with Crippen LogP contribution < -0.4 is 19.3 Å². The molecule has 0 saturated carbocycles. The van der Waals surface area contributed by atoms with E-state index in [2.05, 4.69) is 13.8 Å². The summed E-state index contributed by atoms with van der Waals surface area (Å²) in [6, 6.07) is 32.2. The van der Waals surface area contributed by atoms with Gasteiger partial charge in [0, 0.05) is 5.41 Å². The average Bonchev–Trinajstić information content (AvgIpc) is 3.61. The highest BCUT2D eigenvalue weighted by molar-refractivity contribution is 6.34. The van der Waals surface area contributed by atoms with Gasteiger partial charge in [-0.25, -0.2) is 19.4 Å². The second kappa shape index (κ2) is 13.9. The van der Waals surface area contributed by atoms with E-state index < -0.39 is 47.4 Å². The summed E-state index contributed by atoms with van der Waals surface area (Å²) in [6.45, 7) is 4.20. The molecule has 5 aromatic carbocycles. The van der Waals surface area contributed by atoms with Crippen LogP contribution in [0.1, 0.15) is 56.0 Å². The number of aliphatic carboxylic acids is 1. The summed E-state index contributed by atoms with van der Waals surface area (Å²) in [6.07, 6.45) is 4.16. The summed E-state index contributed by atoms with van der Waals surface area (Å²) in [5.41, 5.74) is 2.47. The third kappa shape index (κ3) is 6.52. The maximum absolute atomic E-state index is 13.1. The number of ether oxygens (including phenoxy) is 2. The lowest BCUT2D eigenvalue weighted by atomic mass is 9.78. The number of amides is 4. The van der Waals surface area contributed by atoms with Gasteiger partial charge in [-0.05, 0) is 102 Å². The van der Waals surface area contributed by atoms with Gasteiger partial charge in [-0.1, -0.05) is 56.3 Å². The van der Waals surface area contributed by atoms with Gasteiger partial charge in [0.15, 0.2) is 0 Å². The quantitative estimate of drug-likeness (QED) is 0.134. The van der Waals surface area contributed by atoms with E-state index in [0.717, 1.165) is 20.9 Å². The second-order valence-electron chi connectivity index (χ2n) is 14.2. The van der Waals surface area contributed by atoms with E-state index in [1.807, 2.05) is 48.5 Å². The number of carboxylic acids is 2. The van der Waals surface area contributed by atoms with Crippen LogP contribution in [0.2, 0.25) is 0 Å². The third-order valence-corrected chi connectivity index (χ3v) is 10.4. The number of aromatic carboxylic acids is 1. The molecule has 8 rings (SSSR count). The van der Waals surface area contributed by atoms with Gasteiger partial charge in [0.2, 0.25) is 11.8 Å². The molecule has 0 bridgehead atoms. The van der Waals surface area contributed by atoms with Crippen molar-refractivity contribution in [2.24, 2.45) is 11.8 Å². The van der Waals surface area contributed by atoms with Crippen molar-refractivity contribution in [2.45, 2.75) is 19.3 Å². The van der Waals surface area contributed by atoms with Gasteiger partial charge in [0.05, 0.1) is 45.5 Å². The van der Waals surface area contributed by atoms with Crippen molar-refractivity contribution >= 4 is 46.9 Å². The highest BCUT2D eigenvalue weighted by Gasteiger charge is 2.47. The van der Waals surface area contributed by atoms with Gasteiger partial charge >= 0.3 is 11.9 Å². The number of hydrogen-bond donors (Lipinski definition) is 2. The second-order valence-corrected chi connectivity index (χ2v) is 14.2. The molecule has 2 N–H and O–H groups in total. The number of hydrogen-bond acceptors (Lipinski definition) is 8. The van der Waals surface area contributed by atoms with Crippen molar-refractivity contribution < 1.29 is 48.5 Å². The fourth-order valence-corrected chi connectivity index (χ4v) is 7.20. The highest BCUT2D eigenvalue weighted by atomic mass is 16.5. The molecule has 2 atom stereocenters. The number of nitrogens with zero attached hydrogens (tertiary/aromatic N) is 2. The van der Waals surface area contributed by atoms with Crippen molar-refractivity contribution in [3.63, 3.8) is 0 Å². The van der Waals surface area contributed by atoms with Crippen LogP contribution in [0.4, 0.5) is 11.4 Å². The van der Waals surface area contributed by atoms with E-state index >= 15 is 0 Å². The van der Waals surface area contributed by atoms with Gasteiger partial charge in [-0.3, -0.25) is 19.2 Å². The summed E-state index contributed by atoms with van der Waals surface area (Å²) in [4.78, 5) is 76.9. The van der Waals surface area contributed by atoms with Crippen molar-refractivity contribution in [1.82, 2.24) is 0 Å². The lowest BCUT2D eigenvalue weighted by Crippen LogP contribution is -2.30. The van der Waals surface area contributed by atoms with Gasteiger partial charge < -0.3 is 19.7 Å². The standard InChI is InChI=1S/C45H32N2O10/c1-45(2,27-5-13-31(14-6-27)56-33-17-9-29(10-18-33)46-39(48)35-21-3-25(43(52)53)23-37(35)41(46)50)28-7-15-32(16-8-28)57-34-19-11-30(12-20-34)47-40(49)36-22-4-26(44(54)55)24-38(36)42(47)51/h3-24,35,37H,1-2H3,(H,52,53)(H,54,55). The van der Waals surface area contributed by atoms with Gasteiger partial charge in [-0.2, -0.15) is 0 Å². The molecule has 282 valence electrons. The number of carboxylic acid groups (broad SMARTS) is 2. The predicted molar refractivity (Wildman–Crippen MR) is 207 cm³/mol. The molecular weight excluding hydrogens is 728 g/mol. The summed E-state index contributed by atoms with van der Waals surface area (Å²) in [7, 11) is 0. The highest BCUT2D eigenvalue weighted by Crippen LogP contribution is 2.38. The fraction of sp³-hybridized carbons (Fsp3) is 0.111. The smallest absolute Gasteiger partial charge is 0.335 e. The molecule has 2 heterocycles. The van der Waals surface area contributed by atoms with Crippen LogP contribution >= 0.6 is 0 Å². The number of anilines is 2. The van der Waals surface area contributed by atoms with Crippen LogP contribution in [0, 0.1) is 11.8 Å². The molecule has 1 fully saturated rings. The Morgan fingerprint density at radius 2 is 1.02 bits per heavy atom. The Kier molecular flexibility index (Phi) is 8.88. The monoisotopic (exact) mass is 760 g/mol. The Labute approximate surface area is 325 Å². The Bertz CT molecular complexity index is 2570.